The average Bonchev–Trinajstić information content (AvgIpc) is 2.91. The van der Waals surface area contributed by atoms with Crippen molar-refractivity contribution in [3.63, 3.8) is 0 Å². The fourth-order valence-electron chi connectivity index (χ4n) is 3.79. The Kier molecular flexibility index (Phi) is 4.50. The van der Waals surface area contributed by atoms with Gasteiger partial charge in [-0.25, -0.2) is 0 Å². The van der Waals surface area contributed by atoms with Gasteiger partial charge in [-0.3, -0.25) is 9.69 Å². The van der Waals surface area contributed by atoms with Crippen molar-refractivity contribution in [2.24, 2.45) is 0 Å². The average molecular weight is 302 g/mol. The van der Waals surface area contributed by atoms with Crippen molar-refractivity contribution in [1.82, 2.24) is 10.2 Å². The first kappa shape index (κ1) is 15.5. The molecule has 2 atom stereocenters. The van der Waals surface area contributed by atoms with E-state index in [4.69, 9.17) is 0 Å². The van der Waals surface area contributed by atoms with Crippen molar-refractivity contribution in [3.8, 4) is 0 Å². The predicted molar refractivity (Wildman–Crippen MR) is 86.6 cm³/mol. The summed E-state index contributed by atoms with van der Waals surface area (Å²) < 4.78 is 0. The number of nitrogens with one attached hydrogen (secondary N) is 1. The number of carbonyl (C=O) groups is 1. The van der Waals surface area contributed by atoms with E-state index in [9.17, 15) is 9.90 Å². The van der Waals surface area contributed by atoms with E-state index < -0.39 is 5.60 Å². The van der Waals surface area contributed by atoms with Crippen LogP contribution >= 0.6 is 0 Å². The summed E-state index contributed by atoms with van der Waals surface area (Å²) in [5.41, 5.74) is 1.27. The van der Waals surface area contributed by atoms with E-state index in [0.29, 0.717) is 25.6 Å². The van der Waals surface area contributed by atoms with E-state index in [-0.39, 0.29) is 5.91 Å². The molecule has 2 aliphatic rings. The molecule has 1 amide bonds. The van der Waals surface area contributed by atoms with Crippen LogP contribution < -0.4 is 5.32 Å². The third kappa shape index (κ3) is 3.18. The van der Waals surface area contributed by atoms with Crippen molar-refractivity contribution >= 4 is 5.91 Å². The lowest BCUT2D eigenvalue weighted by atomic mass is 9.79. The van der Waals surface area contributed by atoms with Crippen molar-refractivity contribution in [2.45, 2.75) is 50.7 Å². The SMILES string of the molecule is CC1CCCN1CC(=O)NCC1(O)CCCc2ccccc21. The van der Waals surface area contributed by atoms with Crippen LogP contribution in [0.2, 0.25) is 0 Å². The van der Waals surface area contributed by atoms with E-state index in [1.807, 2.05) is 18.2 Å². The molecule has 1 heterocycles. The summed E-state index contributed by atoms with van der Waals surface area (Å²) in [6, 6.07) is 8.53. The second kappa shape index (κ2) is 6.39. The van der Waals surface area contributed by atoms with E-state index in [1.54, 1.807) is 0 Å². The molecule has 4 nitrogen and oxygen atoms in total. The van der Waals surface area contributed by atoms with Gasteiger partial charge in [-0.15, -0.1) is 0 Å². The molecule has 1 aliphatic heterocycles. The van der Waals surface area contributed by atoms with Crippen LogP contribution in [0.4, 0.5) is 0 Å². The van der Waals surface area contributed by atoms with Gasteiger partial charge in [0.05, 0.1) is 13.1 Å². The maximum Gasteiger partial charge on any atom is 0.234 e. The highest BCUT2D eigenvalue weighted by molar-refractivity contribution is 5.78. The molecule has 4 heteroatoms. The van der Waals surface area contributed by atoms with Gasteiger partial charge in [0.15, 0.2) is 0 Å². The van der Waals surface area contributed by atoms with Gasteiger partial charge >= 0.3 is 0 Å². The molecule has 0 aromatic heterocycles. The highest BCUT2D eigenvalue weighted by atomic mass is 16.3. The van der Waals surface area contributed by atoms with Crippen LogP contribution in [0.15, 0.2) is 24.3 Å². The summed E-state index contributed by atoms with van der Waals surface area (Å²) in [4.78, 5) is 14.4. The molecule has 2 unspecified atom stereocenters. The quantitative estimate of drug-likeness (QED) is 0.892. The topological polar surface area (TPSA) is 52.6 Å². The van der Waals surface area contributed by atoms with Crippen molar-refractivity contribution in [3.05, 3.63) is 35.4 Å². The molecule has 1 aliphatic carbocycles. The number of aliphatic hydroxyl groups is 1. The largest absolute Gasteiger partial charge is 0.383 e. The predicted octanol–water partition coefficient (Wildman–Crippen LogP) is 1.81. The first-order valence-corrected chi connectivity index (χ1v) is 8.40. The Balaban J connectivity index is 1.60. The lowest BCUT2D eigenvalue weighted by Gasteiger charge is -2.35. The first-order chi connectivity index (χ1) is 10.6. The number of carbonyl (C=O) groups excluding carboxylic acids is 1. The van der Waals surface area contributed by atoms with E-state index in [1.165, 1.54) is 18.4 Å². The van der Waals surface area contributed by atoms with E-state index in [2.05, 4.69) is 23.2 Å². The van der Waals surface area contributed by atoms with Crippen molar-refractivity contribution < 1.29 is 9.90 Å². The minimum Gasteiger partial charge on any atom is -0.383 e. The van der Waals surface area contributed by atoms with Gasteiger partial charge in [0.1, 0.15) is 5.60 Å². The molecule has 22 heavy (non-hydrogen) atoms. The van der Waals surface area contributed by atoms with Gasteiger partial charge in [0.25, 0.3) is 0 Å². The second-order valence-corrected chi connectivity index (χ2v) is 6.78. The summed E-state index contributed by atoms with van der Waals surface area (Å²) in [6.07, 6.45) is 5.03. The van der Waals surface area contributed by atoms with Crippen LogP contribution in [0.5, 0.6) is 0 Å². The zero-order valence-corrected chi connectivity index (χ0v) is 13.3. The fourth-order valence-corrected chi connectivity index (χ4v) is 3.79. The highest BCUT2D eigenvalue weighted by Crippen LogP contribution is 2.34. The van der Waals surface area contributed by atoms with Crippen LogP contribution in [0, 0.1) is 0 Å². The summed E-state index contributed by atoms with van der Waals surface area (Å²) >= 11 is 0. The Bertz CT molecular complexity index is 546. The number of nitrogens with zero attached hydrogens (tertiary/aromatic N) is 1. The van der Waals surface area contributed by atoms with Crippen LogP contribution in [0.1, 0.15) is 43.7 Å². The third-order valence-corrected chi connectivity index (χ3v) is 5.17. The van der Waals surface area contributed by atoms with Gasteiger partial charge < -0.3 is 10.4 Å². The number of benzene rings is 1. The van der Waals surface area contributed by atoms with E-state index >= 15 is 0 Å². The Hall–Kier alpha value is -1.39. The molecule has 1 aromatic rings. The van der Waals surface area contributed by atoms with Crippen LogP contribution in [0.25, 0.3) is 0 Å². The highest BCUT2D eigenvalue weighted by Gasteiger charge is 2.34. The number of likely N-dealkylation sites (tertiary alicyclic amines) is 1. The molecule has 0 saturated carbocycles. The minimum absolute atomic E-state index is 0.0187. The Morgan fingerprint density at radius 2 is 2.23 bits per heavy atom. The van der Waals surface area contributed by atoms with Crippen molar-refractivity contribution in [1.29, 1.82) is 0 Å². The monoisotopic (exact) mass is 302 g/mol. The molecule has 0 spiro atoms. The maximum absolute atomic E-state index is 12.2. The molecule has 1 aromatic carbocycles. The number of hydrogen-bond donors (Lipinski definition) is 2. The molecule has 1 saturated heterocycles. The first-order valence-electron chi connectivity index (χ1n) is 8.40. The Morgan fingerprint density at radius 1 is 1.41 bits per heavy atom. The fraction of sp³-hybridized carbons (Fsp3) is 0.611. The minimum atomic E-state index is -0.916. The van der Waals surface area contributed by atoms with Crippen LogP contribution in [-0.4, -0.2) is 41.6 Å². The molecule has 120 valence electrons. The lowest BCUT2D eigenvalue weighted by Crippen LogP contribution is -2.46. The van der Waals surface area contributed by atoms with Crippen LogP contribution in [0.3, 0.4) is 0 Å². The third-order valence-electron chi connectivity index (χ3n) is 5.17. The second-order valence-electron chi connectivity index (χ2n) is 6.78. The van der Waals surface area contributed by atoms with Gasteiger partial charge in [-0.05, 0) is 56.7 Å². The Morgan fingerprint density at radius 3 is 3.00 bits per heavy atom. The summed E-state index contributed by atoms with van der Waals surface area (Å²) in [6.45, 7) is 3.93. The number of fused-ring (bicyclic) bond motifs is 1. The van der Waals surface area contributed by atoms with Gasteiger partial charge in [0, 0.05) is 6.04 Å². The van der Waals surface area contributed by atoms with E-state index in [0.717, 1.165) is 24.9 Å². The van der Waals surface area contributed by atoms with Gasteiger partial charge in [-0.1, -0.05) is 24.3 Å². The number of amides is 1. The summed E-state index contributed by atoms with van der Waals surface area (Å²) in [5, 5.41) is 13.9. The normalized spacial score (nSPS) is 28.4. The molecule has 0 bridgehead atoms. The zero-order valence-electron chi connectivity index (χ0n) is 13.3. The smallest absolute Gasteiger partial charge is 0.234 e. The molecular weight excluding hydrogens is 276 g/mol. The number of hydrogen-bond acceptors (Lipinski definition) is 3. The molecule has 2 N–H and O–H groups in total. The molecular formula is C18H26N2O2. The number of rotatable bonds is 4. The van der Waals surface area contributed by atoms with Gasteiger partial charge in [-0.2, -0.15) is 0 Å². The van der Waals surface area contributed by atoms with Gasteiger partial charge in [0.2, 0.25) is 5.91 Å². The maximum atomic E-state index is 12.2. The molecule has 0 radical (unpaired) electrons. The molecule has 1 fully saturated rings. The van der Waals surface area contributed by atoms with Crippen LogP contribution in [-0.2, 0) is 16.8 Å². The Labute approximate surface area is 132 Å². The summed E-state index contributed by atoms with van der Waals surface area (Å²) in [5.74, 6) is 0.0187. The lowest BCUT2D eigenvalue weighted by molar-refractivity contribution is -0.124. The molecule has 3 rings (SSSR count). The summed E-state index contributed by atoms with van der Waals surface area (Å²) in [7, 11) is 0. The standard InChI is InChI=1S/C18H26N2O2/c1-14-6-5-11-20(14)12-17(21)19-13-18(22)10-4-8-15-7-2-3-9-16(15)18/h2-3,7,9,14,22H,4-6,8,10-13H2,1H3,(H,19,21). The zero-order chi connectivity index (χ0) is 15.6. The number of aryl methyl sites for hydroxylation is 1. The van der Waals surface area contributed by atoms with Crippen molar-refractivity contribution in [2.75, 3.05) is 19.6 Å².